The Morgan fingerprint density at radius 1 is 1.20 bits per heavy atom. The predicted molar refractivity (Wildman–Crippen MR) is 93.3 cm³/mol. The number of methoxy groups -OCH3 is 2. The molecule has 1 aliphatic heterocycles. The SMILES string of the molecule is COc1cccc([C@@H]2CO[C@@](C(=O)O)(c3cc(C)ccc3OC)C2)c1. The summed E-state index contributed by atoms with van der Waals surface area (Å²) in [6, 6.07) is 13.2. The molecule has 3 rings (SSSR count). The molecule has 5 nitrogen and oxygen atoms in total. The van der Waals surface area contributed by atoms with Crippen molar-refractivity contribution >= 4 is 5.97 Å². The Morgan fingerprint density at radius 2 is 2.00 bits per heavy atom. The van der Waals surface area contributed by atoms with E-state index in [2.05, 4.69) is 0 Å². The number of aliphatic carboxylic acids is 1. The van der Waals surface area contributed by atoms with Crippen molar-refractivity contribution in [3.63, 3.8) is 0 Å². The van der Waals surface area contributed by atoms with Crippen molar-refractivity contribution in [1.82, 2.24) is 0 Å². The molecule has 1 saturated heterocycles. The van der Waals surface area contributed by atoms with E-state index < -0.39 is 11.6 Å². The Morgan fingerprint density at radius 3 is 2.68 bits per heavy atom. The van der Waals surface area contributed by atoms with Crippen molar-refractivity contribution in [3.8, 4) is 11.5 Å². The Labute approximate surface area is 147 Å². The third kappa shape index (κ3) is 3.07. The van der Waals surface area contributed by atoms with Crippen LogP contribution in [0.25, 0.3) is 0 Å². The number of benzene rings is 2. The highest BCUT2D eigenvalue weighted by molar-refractivity contribution is 5.81. The molecule has 0 bridgehead atoms. The van der Waals surface area contributed by atoms with Crippen molar-refractivity contribution in [2.75, 3.05) is 20.8 Å². The third-order valence-electron chi connectivity index (χ3n) is 4.77. The zero-order valence-electron chi connectivity index (χ0n) is 14.6. The molecule has 2 aromatic rings. The topological polar surface area (TPSA) is 65.0 Å². The van der Waals surface area contributed by atoms with Crippen LogP contribution < -0.4 is 9.47 Å². The Balaban J connectivity index is 2.01. The Bertz CT molecular complexity index is 785. The fourth-order valence-corrected chi connectivity index (χ4v) is 3.41. The normalized spacial score (nSPS) is 22.6. The fraction of sp³-hybridized carbons (Fsp3) is 0.350. The second kappa shape index (κ2) is 6.76. The molecule has 25 heavy (non-hydrogen) atoms. The first-order valence-corrected chi connectivity index (χ1v) is 8.16. The summed E-state index contributed by atoms with van der Waals surface area (Å²) in [5.41, 5.74) is 1.12. The largest absolute Gasteiger partial charge is 0.497 e. The van der Waals surface area contributed by atoms with Gasteiger partial charge in [0.05, 0.1) is 20.8 Å². The zero-order valence-corrected chi connectivity index (χ0v) is 14.6. The first kappa shape index (κ1) is 17.3. The summed E-state index contributed by atoms with van der Waals surface area (Å²) < 4.78 is 16.6. The molecule has 0 unspecified atom stereocenters. The van der Waals surface area contributed by atoms with Gasteiger partial charge in [-0.05, 0) is 36.8 Å². The maximum atomic E-state index is 12.2. The molecule has 132 valence electrons. The van der Waals surface area contributed by atoms with Crippen LogP contribution >= 0.6 is 0 Å². The molecule has 0 radical (unpaired) electrons. The molecule has 1 heterocycles. The first-order valence-electron chi connectivity index (χ1n) is 8.16. The number of hydrogen-bond acceptors (Lipinski definition) is 4. The van der Waals surface area contributed by atoms with Crippen molar-refractivity contribution in [1.29, 1.82) is 0 Å². The van der Waals surface area contributed by atoms with Gasteiger partial charge < -0.3 is 19.3 Å². The van der Waals surface area contributed by atoms with Crippen LogP contribution in [0, 0.1) is 6.92 Å². The standard InChI is InChI=1S/C20H22O5/c1-13-7-8-18(24-3)17(9-13)20(19(21)22)11-15(12-25-20)14-5-4-6-16(10-14)23-2/h4-10,15H,11-12H2,1-3H3,(H,21,22)/t15-,20+/m0/s1. The molecule has 2 aromatic carbocycles. The molecule has 0 aliphatic carbocycles. The van der Waals surface area contributed by atoms with E-state index in [1.807, 2.05) is 43.3 Å². The monoisotopic (exact) mass is 342 g/mol. The molecule has 1 aliphatic rings. The second-order valence-corrected chi connectivity index (χ2v) is 6.32. The molecular weight excluding hydrogens is 320 g/mol. The minimum Gasteiger partial charge on any atom is -0.497 e. The third-order valence-corrected chi connectivity index (χ3v) is 4.77. The lowest BCUT2D eigenvalue weighted by Gasteiger charge is -2.26. The van der Waals surface area contributed by atoms with E-state index in [0.29, 0.717) is 24.3 Å². The van der Waals surface area contributed by atoms with E-state index in [1.54, 1.807) is 13.2 Å². The van der Waals surface area contributed by atoms with Gasteiger partial charge in [-0.25, -0.2) is 4.79 Å². The minimum absolute atomic E-state index is 0.0311. The summed E-state index contributed by atoms with van der Waals surface area (Å²) in [7, 11) is 3.15. The van der Waals surface area contributed by atoms with Gasteiger partial charge in [0.15, 0.2) is 5.60 Å². The van der Waals surface area contributed by atoms with Gasteiger partial charge in [-0.3, -0.25) is 0 Å². The van der Waals surface area contributed by atoms with Crippen LogP contribution in [0.4, 0.5) is 0 Å². The molecular formula is C20H22O5. The van der Waals surface area contributed by atoms with Crippen molar-refractivity contribution in [3.05, 3.63) is 59.2 Å². The predicted octanol–water partition coefficient (Wildman–Crippen LogP) is 3.50. The van der Waals surface area contributed by atoms with E-state index in [4.69, 9.17) is 14.2 Å². The van der Waals surface area contributed by atoms with Gasteiger partial charge in [0, 0.05) is 17.9 Å². The second-order valence-electron chi connectivity index (χ2n) is 6.32. The van der Waals surface area contributed by atoms with E-state index in [0.717, 1.165) is 16.9 Å². The molecule has 1 N–H and O–H groups in total. The van der Waals surface area contributed by atoms with Crippen molar-refractivity contribution in [2.24, 2.45) is 0 Å². The molecule has 0 amide bonds. The smallest absolute Gasteiger partial charge is 0.340 e. The molecule has 0 spiro atoms. The maximum absolute atomic E-state index is 12.2. The Kier molecular flexibility index (Phi) is 4.68. The summed E-state index contributed by atoms with van der Waals surface area (Å²) in [5.74, 6) is 0.246. The van der Waals surface area contributed by atoms with E-state index in [-0.39, 0.29) is 5.92 Å². The van der Waals surface area contributed by atoms with E-state index >= 15 is 0 Å². The summed E-state index contributed by atoms with van der Waals surface area (Å²) >= 11 is 0. The van der Waals surface area contributed by atoms with Crippen LogP contribution in [0.3, 0.4) is 0 Å². The summed E-state index contributed by atoms with van der Waals surface area (Å²) in [5, 5.41) is 9.99. The van der Waals surface area contributed by atoms with E-state index in [1.165, 1.54) is 7.11 Å². The van der Waals surface area contributed by atoms with Crippen molar-refractivity contribution < 1.29 is 24.1 Å². The van der Waals surface area contributed by atoms with Gasteiger partial charge in [-0.15, -0.1) is 0 Å². The van der Waals surface area contributed by atoms with Crippen LogP contribution in [0.5, 0.6) is 11.5 Å². The number of carbonyl (C=O) groups is 1. The number of aryl methyl sites for hydroxylation is 1. The molecule has 0 aromatic heterocycles. The highest BCUT2D eigenvalue weighted by Crippen LogP contribution is 2.47. The van der Waals surface area contributed by atoms with Gasteiger partial charge in [-0.2, -0.15) is 0 Å². The maximum Gasteiger partial charge on any atom is 0.340 e. The highest BCUT2D eigenvalue weighted by Gasteiger charge is 2.50. The number of ether oxygens (including phenoxy) is 3. The summed E-state index contributed by atoms with van der Waals surface area (Å²) in [4.78, 5) is 12.2. The lowest BCUT2D eigenvalue weighted by atomic mass is 9.83. The quantitative estimate of drug-likeness (QED) is 0.901. The lowest BCUT2D eigenvalue weighted by molar-refractivity contribution is -0.161. The molecule has 2 atom stereocenters. The van der Waals surface area contributed by atoms with Gasteiger partial charge in [0.25, 0.3) is 0 Å². The lowest BCUT2D eigenvalue weighted by Crippen LogP contribution is -2.35. The van der Waals surface area contributed by atoms with Gasteiger partial charge in [0.2, 0.25) is 0 Å². The number of rotatable bonds is 5. The van der Waals surface area contributed by atoms with Crippen LogP contribution in [-0.2, 0) is 15.1 Å². The first-order chi connectivity index (χ1) is 12.0. The van der Waals surface area contributed by atoms with Crippen LogP contribution in [-0.4, -0.2) is 31.9 Å². The number of carboxylic acids is 1. The average Bonchev–Trinajstić information content (AvgIpc) is 3.08. The average molecular weight is 342 g/mol. The van der Waals surface area contributed by atoms with Crippen molar-refractivity contribution in [2.45, 2.75) is 24.9 Å². The van der Waals surface area contributed by atoms with Crippen LogP contribution in [0.15, 0.2) is 42.5 Å². The summed E-state index contributed by atoms with van der Waals surface area (Å²) in [6.45, 7) is 2.25. The van der Waals surface area contributed by atoms with Gasteiger partial charge in [-0.1, -0.05) is 23.8 Å². The molecule has 5 heteroatoms. The van der Waals surface area contributed by atoms with Gasteiger partial charge in [0.1, 0.15) is 11.5 Å². The van der Waals surface area contributed by atoms with Gasteiger partial charge >= 0.3 is 5.97 Å². The zero-order chi connectivity index (χ0) is 18.0. The fourth-order valence-electron chi connectivity index (χ4n) is 3.41. The molecule has 0 saturated carbocycles. The highest BCUT2D eigenvalue weighted by atomic mass is 16.5. The summed E-state index contributed by atoms with van der Waals surface area (Å²) in [6.07, 6.45) is 0.343. The van der Waals surface area contributed by atoms with Crippen LogP contribution in [0.1, 0.15) is 29.0 Å². The molecule has 1 fully saturated rings. The van der Waals surface area contributed by atoms with Crippen LogP contribution in [0.2, 0.25) is 0 Å². The minimum atomic E-state index is -1.41. The van der Waals surface area contributed by atoms with E-state index in [9.17, 15) is 9.90 Å². The number of carboxylic acid groups (broad SMARTS) is 1. The number of hydrogen-bond donors (Lipinski definition) is 1. The Hall–Kier alpha value is -2.53.